The van der Waals surface area contributed by atoms with Gasteiger partial charge in [-0.2, -0.15) is 18.2 Å². The Kier molecular flexibility index (Phi) is 8.56. The van der Waals surface area contributed by atoms with E-state index in [-0.39, 0.29) is 46.7 Å². The number of carbonyl (C=O) groups excluding carboxylic acids is 4. The number of rotatable bonds is 6. The molecule has 16 heteroatoms. The topological polar surface area (TPSA) is 120 Å². The van der Waals surface area contributed by atoms with Gasteiger partial charge in [-0.05, 0) is 80.6 Å². The first-order valence-electron chi connectivity index (χ1n) is 16.3. The molecule has 6 atom stereocenters. The van der Waals surface area contributed by atoms with E-state index in [2.05, 4.69) is 4.98 Å². The lowest BCUT2D eigenvalue weighted by molar-refractivity contribution is -0.141. The van der Waals surface area contributed by atoms with Crippen LogP contribution in [0.25, 0.3) is 0 Å². The predicted molar refractivity (Wildman–Crippen MR) is 180 cm³/mol. The number of fused-ring (bicyclic) bond motifs is 4. The summed E-state index contributed by atoms with van der Waals surface area (Å²) in [6.45, 7) is 3.58. The number of imide groups is 2. The van der Waals surface area contributed by atoms with E-state index >= 15 is 0 Å². The standard InChI is InChI=1S/C36H30Cl2F4N4O6/c1-4-52-26-13-16(5-11-25(26)47)29-18-7-8-19-28(33(50)46(31(19)48)44(3)30-22(37)9-12-27(43-30)36(40,41)42)20(18)15-21-32(49)45(34(51)35(21,29)2)17-6-10-24(39)23(38)14-17/h5-7,9-14,19-21,28-29,47H,4,8,15H2,1-3H3. The third-order valence-corrected chi connectivity index (χ3v) is 11.3. The van der Waals surface area contributed by atoms with Crippen LogP contribution in [0.15, 0.2) is 60.2 Å². The summed E-state index contributed by atoms with van der Waals surface area (Å²) in [5.74, 6) is -8.58. The first-order chi connectivity index (χ1) is 24.5. The van der Waals surface area contributed by atoms with Crippen molar-refractivity contribution < 1.29 is 46.6 Å². The van der Waals surface area contributed by atoms with E-state index in [0.717, 1.165) is 27.1 Å². The number of hydrazine groups is 1. The summed E-state index contributed by atoms with van der Waals surface area (Å²) in [5, 5.41) is 11.7. The number of halogens is 6. The summed E-state index contributed by atoms with van der Waals surface area (Å²) in [5.41, 5.74) is -1.59. The molecule has 6 unspecified atom stereocenters. The van der Waals surface area contributed by atoms with E-state index < -0.39 is 82.1 Å². The molecule has 2 aliphatic heterocycles. The van der Waals surface area contributed by atoms with Gasteiger partial charge in [0.15, 0.2) is 17.3 Å². The van der Waals surface area contributed by atoms with Crippen molar-refractivity contribution in [3.05, 3.63) is 87.3 Å². The quantitative estimate of drug-likeness (QED) is 0.163. The number of phenols is 1. The molecule has 3 fully saturated rings. The number of hydrogen-bond donors (Lipinski definition) is 1. The third kappa shape index (κ3) is 5.24. The Morgan fingerprint density at radius 1 is 1.00 bits per heavy atom. The lowest BCUT2D eigenvalue weighted by Gasteiger charge is -2.49. The third-order valence-electron chi connectivity index (χ3n) is 10.8. The molecule has 3 aromatic rings. The van der Waals surface area contributed by atoms with E-state index in [0.29, 0.717) is 17.2 Å². The molecular weight excluding hydrogens is 731 g/mol. The number of anilines is 2. The van der Waals surface area contributed by atoms with Crippen molar-refractivity contribution in [3.63, 3.8) is 0 Å². The Bertz CT molecular complexity index is 2100. The molecule has 0 radical (unpaired) electrons. The monoisotopic (exact) mass is 760 g/mol. The molecular formula is C36H30Cl2F4N4O6. The van der Waals surface area contributed by atoms with Gasteiger partial charge < -0.3 is 9.84 Å². The van der Waals surface area contributed by atoms with E-state index in [1.165, 1.54) is 25.2 Å². The highest BCUT2D eigenvalue weighted by Gasteiger charge is 2.68. The van der Waals surface area contributed by atoms with Crippen molar-refractivity contribution >= 4 is 58.3 Å². The van der Waals surface area contributed by atoms with Crippen LogP contribution in [0.3, 0.4) is 0 Å². The number of nitrogens with zero attached hydrogens (tertiary/aromatic N) is 4. The molecule has 1 aromatic heterocycles. The highest BCUT2D eigenvalue weighted by atomic mass is 35.5. The molecule has 1 saturated carbocycles. The lowest BCUT2D eigenvalue weighted by Crippen LogP contribution is -2.49. The Morgan fingerprint density at radius 3 is 2.40 bits per heavy atom. The van der Waals surface area contributed by atoms with E-state index in [9.17, 15) is 41.8 Å². The number of benzene rings is 2. The molecule has 0 spiro atoms. The number of allylic oxidation sites excluding steroid dienone is 2. The fraction of sp³-hybridized carbons (Fsp3) is 0.361. The summed E-state index contributed by atoms with van der Waals surface area (Å²) in [7, 11) is 1.22. The van der Waals surface area contributed by atoms with Crippen LogP contribution in [0.1, 0.15) is 43.9 Å². The van der Waals surface area contributed by atoms with Gasteiger partial charge in [0.25, 0.3) is 11.8 Å². The highest BCUT2D eigenvalue weighted by Crippen LogP contribution is 2.64. The summed E-state index contributed by atoms with van der Waals surface area (Å²) in [4.78, 5) is 61.9. The van der Waals surface area contributed by atoms with E-state index in [4.69, 9.17) is 27.9 Å². The largest absolute Gasteiger partial charge is 0.504 e. The minimum absolute atomic E-state index is 0.0362. The maximum atomic E-state index is 14.6. The van der Waals surface area contributed by atoms with E-state index in [1.54, 1.807) is 32.1 Å². The first-order valence-corrected chi connectivity index (χ1v) is 17.1. The maximum absolute atomic E-state index is 14.6. The van der Waals surface area contributed by atoms with Gasteiger partial charge in [0.2, 0.25) is 11.8 Å². The average Bonchev–Trinajstić information content (AvgIpc) is 3.46. The Hall–Kier alpha value is -4.69. The van der Waals surface area contributed by atoms with Crippen molar-refractivity contribution in [2.24, 2.45) is 29.1 Å². The second-order valence-corrected chi connectivity index (χ2v) is 14.2. The number of carbonyl (C=O) groups is 4. The molecule has 52 heavy (non-hydrogen) atoms. The molecule has 10 nitrogen and oxygen atoms in total. The number of aromatic nitrogens is 1. The van der Waals surface area contributed by atoms with Gasteiger partial charge in [-0.1, -0.05) is 40.9 Å². The van der Waals surface area contributed by atoms with Gasteiger partial charge in [0.05, 0.1) is 45.5 Å². The molecule has 2 saturated heterocycles. The molecule has 1 N–H and O–H groups in total. The fourth-order valence-corrected chi connectivity index (χ4v) is 8.84. The van der Waals surface area contributed by atoms with Crippen LogP contribution in [-0.4, -0.2) is 52.4 Å². The zero-order valence-corrected chi connectivity index (χ0v) is 29.3. The van der Waals surface area contributed by atoms with Crippen molar-refractivity contribution in [1.82, 2.24) is 9.99 Å². The minimum Gasteiger partial charge on any atom is -0.504 e. The number of phenolic OH excluding ortho intramolecular Hbond substituents is 1. The first kappa shape index (κ1) is 35.7. The van der Waals surface area contributed by atoms with Crippen LogP contribution < -0.4 is 14.6 Å². The van der Waals surface area contributed by atoms with Crippen molar-refractivity contribution in [2.75, 3.05) is 23.6 Å². The van der Waals surface area contributed by atoms with E-state index in [1.807, 2.05) is 0 Å². The molecule has 4 aliphatic rings. The smallest absolute Gasteiger partial charge is 0.433 e. The average molecular weight is 762 g/mol. The number of amides is 4. The Morgan fingerprint density at radius 2 is 1.73 bits per heavy atom. The Balaban J connectivity index is 1.34. The van der Waals surface area contributed by atoms with Gasteiger partial charge in [0.1, 0.15) is 11.5 Å². The number of ether oxygens (including phenoxy) is 1. The maximum Gasteiger partial charge on any atom is 0.433 e. The zero-order valence-electron chi connectivity index (χ0n) is 27.7. The van der Waals surface area contributed by atoms with Gasteiger partial charge in [-0.3, -0.25) is 24.2 Å². The summed E-state index contributed by atoms with van der Waals surface area (Å²) < 4.78 is 60.6. The second-order valence-electron chi connectivity index (χ2n) is 13.4. The van der Waals surface area contributed by atoms with Crippen molar-refractivity contribution in [1.29, 1.82) is 0 Å². The van der Waals surface area contributed by atoms with Crippen molar-refractivity contribution in [3.8, 4) is 11.5 Å². The van der Waals surface area contributed by atoms with Crippen LogP contribution in [0.4, 0.5) is 29.1 Å². The fourth-order valence-electron chi connectivity index (χ4n) is 8.44. The molecule has 3 heterocycles. The highest BCUT2D eigenvalue weighted by molar-refractivity contribution is 6.33. The van der Waals surface area contributed by atoms with Crippen LogP contribution in [0.5, 0.6) is 11.5 Å². The molecule has 2 aromatic carbocycles. The van der Waals surface area contributed by atoms with Crippen LogP contribution in [-0.2, 0) is 25.4 Å². The predicted octanol–water partition coefficient (Wildman–Crippen LogP) is 6.93. The van der Waals surface area contributed by atoms with Gasteiger partial charge in [-0.15, -0.1) is 0 Å². The van der Waals surface area contributed by atoms with Crippen LogP contribution in [0, 0.1) is 34.9 Å². The summed E-state index contributed by atoms with van der Waals surface area (Å²) in [6.07, 6.45) is -3.04. The molecule has 2 aliphatic carbocycles. The van der Waals surface area contributed by atoms with Crippen molar-refractivity contribution in [2.45, 2.75) is 38.8 Å². The lowest BCUT2D eigenvalue weighted by atomic mass is 9.51. The number of hydrogen-bond acceptors (Lipinski definition) is 8. The number of aromatic hydroxyl groups is 1. The second kappa shape index (κ2) is 12.5. The summed E-state index contributed by atoms with van der Waals surface area (Å²) >= 11 is 12.3. The van der Waals surface area contributed by atoms with Gasteiger partial charge in [-0.25, -0.2) is 14.3 Å². The van der Waals surface area contributed by atoms with Gasteiger partial charge in [0, 0.05) is 13.0 Å². The van der Waals surface area contributed by atoms with Crippen LogP contribution >= 0.6 is 23.2 Å². The minimum atomic E-state index is -4.83. The normalized spacial score (nSPS) is 27.0. The van der Waals surface area contributed by atoms with Crippen LogP contribution in [0.2, 0.25) is 10.0 Å². The number of pyridine rings is 1. The Labute approximate surface area is 304 Å². The molecule has 272 valence electrons. The molecule has 0 bridgehead atoms. The molecule has 7 rings (SSSR count). The molecule has 4 amide bonds. The van der Waals surface area contributed by atoms with Gasteiger partial charge >= 0.3 is 6.18 Å². The zero-order chi connectivity index (χ0) is 37.6. The summed E-state index contributed by atoms with van der Waals surface area (Å²) in [6, 6.07) is 9.72. The SMILES string of the molecule is CCOc1cc(C2C3=CCC4C(=O)N(N(C)c5nc(C(F)(F)F)ccc5Cl)C(=O)C4C3CC3C(=O)N(c4ccc(F)c(Cl)c4)C(=O)C32C)ccc1O. The number of alkyl halides is 3.